The third-order valence-corrected chi connectivity index (χ3v) is 6.25. The number of hydrogen-bond acceptors (Lipinski definition) is 4. The molecule has 4 rings (SSSR count). The van der Waals surface area contributed by atoms with Crippen molar-refractivity contribution in [3.63, 3.8) is 0 Å². The standard InChI is InChI=1S/C23H27N2O3/c1-28-20-9-7-18(8-10-20)15-21-22(26)16-23(25(21)27)11-13-24(14-12-23)17-19-5-3-2-4-6-19/h2-10,21H,11-17H2,1H3/q+1. The largest absolute Gasteiger partial charge is 0.497 e. The van der Waals surface area contributed by atoms with Crippen molar-refractivity contribution in [2.75, 3.05) is 20.2 Å². The summed E-state index contributed by atoms with van der Waals surface area (Å²) in [4.78, 5) is 28.2. The number of nitrogens with zero attached hydrogens (tertiary/aromatic N) is 2. The van der Waals surface area contributed by atoms with Gasteiger partial charge < -0.3 is 4.74 Å². The quantitative estimate of drug-likeness (QED) is 0.747. The van der Waals surface area contributed by atoms with Gasteiger partial charge in [0.2, 0.25) is 11.3 Å². The van der Waals surface area contributed by atoms with Crippen LogP contribution < -0.4 is 4.74 Å². The minimum absolute atomic E-state index is 0.0855. The van der Waals surface area contributed by atoms with E-state index in [2.05, 4.69) is 29.2 Å². The molecule has 0 bridgehead atoms. The van der Waals surface area contributed by atoms with Crippen LogP contribution in [0.5, 0.6) is 5.75 Å². The number of ether oxygens (including phenoxy) is 1. The molecule has 2 fully saturated rings. The zero-order valence-corrected chi connectivity index (χ0v) is 16.3. The van der Waals surface area contributed by atoms with Crippen molar-refractivity contribution in [3.05, 3.63) is 70.6 Å². The van der Waals surface area contributed by atoms with Crippen LogP contribution in [0.4, 0.5) is 0 Å². The number of likely N-dealkylation sites (tertiary alicyclic amines) is 1. The van der Waals surface area contributed by atoms with E-state index in [0.717, 1.165) is 48.5 Å². The van der Waals surface area contributed by atoms with E-state index in [1.807, 2.05) is 30.3 Å². The minimum Gasteiger partial charge on any atom is -0.497 e. The van der Waals surface area contributed by atoms with Gasteiger partial charge >= 0.3 is 0 Å². The third kappa shape index (κ3) is 3.72. The molecule has 1 spiro atoms. The number of hydrogen-bond donors (Lipinski definition) is 0. The number of Topliss-reactive ketones (excluding diaryl/α,β-unsaturated/α-hetero) is 1. The molecular weight excluding hydrogens is 352 g/mol. The highest BCUT2D eigenvalue weighted by Gasteiger charge is 2.60. The van der Waals surface area contributed by atoms with Crippen molar-refractivity contribution in [2.24, 2.45) is 0 Å². The fourth-order valence-corrected chi connectivity index (χ4v) is 4.53. The molecule has 2 aromatic rings. The number of methoxy groups -OCH3 is 1. The van der Waals surface area contributed by atoms with Crippen LogP contribution in [0.2, 0.25) is 0 Å². The number of carbonyl (C=O) groups is 1. The number of ketones is 1. The van der Waals surface area contributed by atoms with Gasteiger partial charge in [0.05, 0.1) is 13.5 Å². The Morgan fingerprint density at radius 2 is 1.71 bits per heavy atom. The smallest absolute Gasteiger partial charge is 0.263 e. The van der Waals surface area contributed by atoms with Gasteiger partial charge in [-0.05, 0) is 23.3 Å². The van der Waals surface area contributed by atoms with E-state index >= 15 is 0 Å². The molecule has 5 heteroatoms. The first-order valence-corrected chi connectivity index (χ1v) is 9.98. The van der Waals surface area contributed by atoms with Gasteiger partial charge in [-0.3, -0.25) is 9.69 Å². The van der Waals surface area contributed by atoms with Gasteiger partial charge in [0.15, 0.2) is 0 Å². The van der Waals surface area contributed by atoms with Gasteiger partial charge in [-0.1, -0.05) is 42.5 Å². The van der Waals surface area contributed by atoms with E-state index in [0.29, 0.717) is 12.8 Å². The highest BCUT2D eigenvalue weighted by Crippen LogP contribution is 2.38. The molecule has 0 aliphatic carbocycles. The van der Waals surface area contributed by atoms with Gasteiger partial charge in [0.25, 0.3) is 6.04 Å². The summed E-state index contributed by atoms with van der Waals surface area (Å²) in [6.45, 7) is 2.62. The molecule has 5 nitrogen and oxygen atoms in total. The molecule has 2 aliphatic rings. The molecule has 28 heavy (non-hydrogen) atoms. The van der Waals surface area contributed by atoms with Gasteiger partial charge in [-0.25, -0.2) is 0 Å². The Bertz CT molecular complexity index is 840. The summed E-state index contributed by atoms with van der Waals surface area (Å²) in [6.07, 6.45) is 2.38. The SMILES string of the molecule is COc1ccc(CC2C(=O)CC3(CCN(Cc4ccccc4)CC3)[N+]2=O)cc1. The highest BCUT2D eigenvalue weighted by molar-refractivity contribution is 5.85. The topological polar surface area (TPSA) is 49.6 Å². The number of nitroso groups, excluding NO2 is 1. The molecule has 0 N–H and O–H groups in total. The molecule has 2 aliphatic heterocycles. The van der Waals surface area contributed by atoms with Crippen LogP contribution in [0.25, 0.3) is 0 Å². The summed E-state index contributed by atoms with van der Waals surface area (Å²) < 4.78 is 6.32. The lowest BCUT2D eigenvalue weighted by Crippen LogP contribution is -2.49. The third-order valence-electron chi connectivity index (χ3n) is 6.25. The Balaban J connectivity index is 1.39. The Morgan fingerprint density at radius 3 is 2.36 bits per heavy atom. The van der Waals surface area contributed by atoms with E-state index in [4.69, 9.17) is 4.74 Å². The van der Waals surface area contributed by atoms with Crippen molar-refractivity contribution >= 4 is 5.78 Å². The molecule has 1 unspecified atom stereocenters. The molecule has 1 atom stereocenters. The monoisotopic (exact) mass is 379 g/mol. The summed E-state index contributed by atoms with van der Waals surface area (Å²) in [7, 11) is 1.63. The predicted octanol–water partition coefficient (Wildman–Crippen LogP) is 3.39. The minimum atomic E-state index is -0.561. The van der Waals surface area contributed by atoms with Crippen LogP contribution in [0.3, 0.4) is 0 Å². The lowest BCUT2D eigenvalue weighted by molar-refractivity contribution is -0.636. The first-order valence-electron chi connectivity index (χ1n) is 9.98. The normalized spacial score (nSPS) is 22.0. The van der Waals surface area contributed by atoms with Gasteiger partial charge in [0.1, 0.15) is 5.75 Å². The molecule has 146 valence electrons. The maximum atomic E-state index is 13.1. The average Bonchev–Trinajstić information content (AvgIpc) is 2.95. The molecule has 0 radical (unpaired) electrons. The lowest BCUT2D eigenvalue weighted by Gasteiger charge is -2.33. The Labute approximate surface area is 165 Å². The molecule has 0 aromatic heterocycles. The molecule has 0 saturated carbocycles. The number of piperidine rings is 1. The molecule has 2 heterocycles. The summed E-state index contributed by atoms with van der Waals surface area (Å²) in [5, 5.41) is 0. The first kappa shape index (κ1) is 18.8. The van der Waals surface area contributed by atoms with Gasteiger partial charge in [-0.15, -0.1) is 0 Å². The summed E-state index contributed by atoms with van der Waals surface area (Å²) in [5.74, 6) is 0.866. The first-order chi connectivity index (χ1) is 13.6. The van der Waals surface area contributed by atoms with Crippen molar-refractivity contribution < 1.29 is 14.3 Å². The van der Waals surface area contributed by atoms with Crippen LogP contribution in [-0.2, 0) is 17.8 Å². The predicted molar refractivity (Wildman–Crippen MR) is 107 cm³/mol. The Hall–Kier alpha value is -2.53. The van der Waals surface area contributed by atoms with E-state index in [9.17, 15) is 9.70 Å². The summed E-state index contributed by atoms with van der Waals surface area (Å²) >= 11 is 0. The van der Waals surface area contributed by atoms with Crippen molar-refractivity contribution in [2.45, 2.75) is 43.8 Å². The number of carbonyl (C=O) groups excluding carboxylic acids is 1. The van der Waals surface area contributed by atoms with Crippen molar-refractivity contribution in [3.8, 4) is 5.75 Å². The second-order valence-corrected chi connectivity index (χ2v) is 8.02. The molecular formula is C23H27N2O3+. The fourth-order valence-electron chi connectivity index (χ4n) is 4.53. The number of benzene rings is 2. The molecule has 2 aromatic carbocycles. The summed E-state index contributed by atoms with van der Waals surface area (Å²) in [6, 6.07) is 17.5. The van der Waals surface area contributed by atoms with Gasteiger partial charge in [-0.2, -0.15) is 0 Å². The van der Waals surface area contributed by atoms with Crippen molar-refractivity contribution in [1.29, 1.82) is 0 Å². The number of rotatable bonds is 5. The van der Waals surface area contributed by atoms with Crippen molar-refractivity contribution in [1.82, 2.24) is 4.90 Å². The molecule has 0 amide bonds. The zero-order chi connectivity index (χ0) is 19.6. The van der Waals surface area contributed by atoms with E-state index < -0.39 is 11.6 Å². The van der Waals surface area contributed by atoms with E-state index in [1.165, 1.54) is 5.56 Å². The van der Waals surface area contributed by atoms with Crippen LogP contribution >= 0.6 is 0 Å². The van der Waals surface area contributed by atoms with Crippen LogP contribution in [-0.4, -0.2) is 47.2 Å². The second-order valence-electron chi connectivity index (χ2n) is 8.02. The zero-order valence-electron chi connectivity index (χ0n) is 16.3. The fraction of sp³-hybridized carbons (Fsp3) is 0.435. The van der Waals surface area contributed by atoms with Crippen LogP contribution in [0.1, 0.15) is 30.4 Å². The van der Waals surface area contributed by atoms with Gasteiger partial charge in [0, 0.05) is 48.6 Å². The molecule has 2 saturated heterocycles. The Kier molecular flexibility index (Phi) is 5.27. The Morgan fingerprint density at radius 1 is 1.04 bits per heavy atom. The van der Waals surface area contributed by atoms with Crippen LogP contribution in [0.15, 0.2) is 54.6 Å². The lowest BCUT2D eigenvalue weighted by atomic mass is 9.85. The van der Waals surface area contributed by atoms with Crippen LogP contribution in [0, 0.1) is 4.91 Å². The maximum absolute atomic E-state index is 13.1. The second kappa shape index (κ2) is 7.84. The maximum Gasteiger partial charge on any atom is 0.263 e. The summed E-state index contributed by atoms with van der Waals surface area (Å²) in [5.41, 5.74) is 1.78. The van der Waals surface area contributed by atoms with E-state index in [-0.39, 0.29) is 5.78 Å². The average molecular weight is 379 g/mol. The highest BCUT2D eigenvalue weighted by atomic mass is 16.5. The van der Waals surface area contributed by atoms with E-state index in [1.54, 1.807) is 7.11 Å².